The van der Waals surface area contributed by atoms with Gasteiger partial charge in [0.1, 0.15) is 11.6 Å². The van der Waals surface area contributed by atoms with Crippen LogP contribution in [-0.2, 0) is 4.79 Å². The number of rotatable bonds is 7. The fourth-order valence-corrected chi connectivity index (χ4v) is 2.63. The summed E-state index contributed by atoms with van der Waals surface area (Å²) < 4.78 is 10.8. The van der Waals surface area contributed by atoms with Crippen molar-refractivity contribution in [1.29, 1.82) is 0 Å². The molecule has 0 radical (unpaired) electrons. The lowest BCUT2D eigenvalue weighted by Crippen LogP contribution is -2.37. The average Bonchev–Trinajstić information content (AvgIpc) is 3.22. The van der Waals surface area contributed by atoms with Crippen LogP contribution in [0.4, 0.5) is 11.5 Å². The minimum Gasteiger partial charge on any atom is -0.477 e. The van der Waals surface area contributed by atoms with E-state index in [1.807, 2.05) is 0 Å². The van der Waals surface area contributed by atoms with Gasteiger partial charge in [0.15, 0.2) is 12.4 Å². The highest BCUT2D eigenvalue weighted by molar-refractivity contribution is 5.94. The summed E-state index contributed by atoms with van der Waals surface area (Å²) in [7, 11) is 0. The molecule has 138 valence electrons. The van der Waals surface area contributed by atoms with Crippen LogP contribution in [0.15, 0.2) is 71.5 Å². The van der Waals surface area contributed by atoms with Crippen LogP contribution in [0.5, 0.6) is 5.75 Å². The normalized spacial score (nSPS) is 11.6. The average molecular weight is 367 g/mol. The Bertz CT molecular complexity index is 912. The highest BCUT2D eigenvalue weighted by atomic mass is 16.6. The smallest absolute Gasteiger partial charge is 0.310 e. The molecule has 0 bridgehead atoms. The van der Waals surface area contributed by atoms with Gasteiger partial charge in [0.2, 0.25) is 0 Å². The van der Waals surface area contributed by atoms with E-state index >= 15 is 0 Å². The largest absolute Gasteiger partial charge is 0.477 e. The van der Waals surface area contributed by atoms with Gasteiger partial charge in [0.25, 0.3) is 5.91 Å². The molecule has 1 atom stereocenters. The van der Waals surface area contributed by atoms with Crippen molar-refractivity contribution in [2.75, 3.05) is 11.5 Å². The number of furan rings is 1. The van der Waals surface area contributed by atoms with E-state index in [1.54, 1.807) is 49.5 Å². The number of carbonyl (C=O) groups excluding carboxylic acids is 1. The Morgan fingerprint density at radius 3 is 2.67 bits per heavy atom. The van der Waals surface area contributed by atoms with E-state index in [9.17, 15) is 14.9 Å². The standard InChI is InChI=1S/C19H17N3O5/c1-14(16-9-6-12-26-16)21(18-10-4-5-11-20-18)19(23)13-27-17-8-3-2-7-15(17)22(24)25/h2-12,14H,13H2,1H3/t14-/m1/s1. The Kier molecular flexibility index (Phi) is 5.46. The monoisotopic (exact) mass is 367 g/mol. The summed E-state index contributed by atoms with van der Waals surface area (Å²) in [5.41, 5.74) is -0.200. The number of pyridine rings is 1. The quantitative estimate of drug-likeness (QED) is 0.466. The molecule has 0 aliphatic carbocycles. The summed E-state index contributed by atoms with van der Waals surface area (Å²) >= 11 is 0. The third-order valence-electron chi connectivity index (χ3n) is 3.92. The summed E-state index contributed by atoms with van der Waals surface area (Å²) in [6, 6.07) is 14.2. The number of para-hydroxylation sites is 2. The topological polar surface area (TPSA) is 98.7 Å². The van der Waals surface area contributed by atoms with E-state index in [2.05, 4.69) is 4.98 Å². The van der Waals surface area contributed by atoms with Gasteiger partial charge in [-0.2, -0.15) is 0 Å². The van der Waals surface area contributed by atoms with Crippen molar-refractivity contribution in [2.24, 2.45) is 0 Å². The third kappa shape index (κ3) is 4.12. The predicted octanol–water partition coefficient (Wildman–Crippen LogP) is 3.76. The first-order valence-electron chi connectivity index (χ1n) is 8.20. The number of hydrogen-bond donors (Lipinski definition) is 0. The minimum atomic E-state index is -0.554. The van der Waals surface area contributed by atoms with Gasteiger partial charge >= 0.3 is 5.69 Å². The molecule has 8 nitrogen and oxygen atoms in total. The van der Waals surface area contributed by atoms with E-state index in [4.69, 9.17) is 9.15 Å². The number of anilines is 1. The van der Waals surface area contributed by atoms with Gasteiger partial charge in [0.05, 0.1) is 17.2 Å². The van der Waals surface area contributed by atoms with Gasteiger partial charge < -0.3 is 9.15 Å². The molecule has 3 rings (SSSR count). The molecule has 2 aromatic heterocycles. The van der Waals surface area contributed by atoms with Crippen molar-refractivity contribution in [1.82, 2.24) is 4.98 Å². The zero-order chi connectivity index (χ0) is 19.2. The van der Waals surface area contributed by atoms with Crippen molar-refractivity contribution in [2.45, 2.75) is 13.0 Å². The number of amides is 1. The van der Waals surface area contributed by atoms with Gasteiger partial charge in [-0.05, 0) is 37.3 Å². The van der Waals surface area contributed by atoms with Gasteiger partial charge in [-0.25, -0.2) is 4.98 Å². The molecule has 27 heavy (non-hydrogen) atoms. The predicted molar refractivity (Wildman–Crippen MR) is 97.4 cm³/mol. The molecule has 0 saturated carbocycles. The van der Waals surface area contributed by atoms with Crippen molar-refractivity contribution < 1.29 is 18.9 Å². The lowest BCUT2D eigenvalue weighted by atomic mass is 10.2. The number of carbonyl (C=O) groups is 1. The fourth-order valence-electron chi connectivity index (χ4n) is 2.63. The maximum Gasteiger partial charge on any atom is 0.310 e. The van der Waals surface area contributed by atoms with Crippen LogP contribution in [-0.4, -0.2) is 22.4 Å². The Labute approximate surface area is 155 Å². The fraction of sp³-hybridized carbons (Fsp3) is 0.158. The molecule has 0 unspecified atom stereocenters. The van der Waals surface area contributed by atoms with Crippen LogP contribution in [0.2, 0.25) is 0 Å². The van der Waals surface area contributed by atoms with Crippen LogP contribution in [0.25, 0.3) is 0 Å². The molecular weight excluding hydrogens is 350 g/mol. The van der Waals surface area contributed by atoms with E-state index in [0.29, 0.717) is 11.6 Å². The van der Waals surface area contributed by atoms with Crippen molar-refractivity contribution >= 4 is 17.4 Å². The summed E-state index contributed by atoms with van der Waals surface area (Å²) in [6.45, 7) is 1.42. The number of ether oxygens (including phenoxy) is 1. The van der Waals surface area contributed by atoms with Crippen molar-refractivity contribution in [3.8, 4) is 5.75 Å². The van der Waals surface area contributed by atoms with Crippen molar-refractivity contribution in [3.05, 3.63) is 82.9 Å². The highest BCUT2D eigenvalue weighted by Crippen LogP contribution is 2.28. The number of nitro benzene ring substituents is 1. The molecular formula is C19H17N3O5. The second kappa shape index (κ2) is 8.13. The first-order valence-corrected chi connectivity index (χ1v) is 8.20. The molecule has 0 fully saturated rings. The Balaban J connectivity index is 1.83. The number of nitro groups is 1. The third-order valence-corrected chi connectivity index (χ3v) is 3.92. The van der Waals surface area contributed by atoms with Gasteiger partial charge in [0, 0.05) is 12.3 Å². The maximum atomic E-state index is 12.9. The summed E-state index contributed by atoms with van der Waals surface area (Å²) in [5, 5.41) is 11.1. The van der Waals surface area contributed by atoms with E-state index in [1.165, 1.54) is 29.4 Å². The molecule has 1 amide bonds. The van der Waals surface area contributed by atoms with Gasteiger partial charge in [-0.1, -0.05) is 18.2 Å². The van der Waals surface area contributed by atoms with E-state index in [-0.39, 0.29) is 18.0 Å². The molecule has 0 aliphatic rings. The SMILES string of the molecule is C[C@H](c1ccco1)N(C(=O)COc1ccccc1[N+](=O)[O-])c1ccccn1. The maximum absolute atomic E-state index is 12.9. The molecule has 0 N–H and O–H groups in total. The molecule has 2 heterocycles. The van der Waals surface area contributed by atoms with Crippen LogP contribution in [0.3, 0.4) is 0 Å². The first kappa shape index (κ1) is 18.1. The number of hydrogen-bond acceptors (Lipinski definition) is 6. The van der Waals surface area contributed by atoms with E-state index < -0.39 is 16.9 Å². The Hall–Kier alpha value is -3.68. The summed E-state index contributed by atoms with van der Waals surface area (Å²) in [5.74, 6) is 0.635. The Morgan fingerprint density at radius 1 is 1.22 bits per heavy atom. The number of benzene rings is 1. The second-order valence-corrected chi connectivity index (χ2v) is 5.66. The van der Waals surface area contributed by atoms with Crippen LogP contribution in [0, 0.1) is 10.1 Å². The van der Waals surface area contributed by atoms with Crippen LogP contribution >= 0.6 is 0 Å². The number of nitrogens with zero attached hydrogens (tertiary/aromatic N) is 3. The van der Waals surface area contributed by atoms with Gasteiger partial charge in [-0.3, -0.25) is 19.8 Å². The lowest BCUT2D eigenvalue weighted by Gasteiger charge is -2.27. The molecule has 1 aromatic carbocycles. The summed E-state index contributed by atoms with van der Waals surface area (Å²) in [4.78, 5) is 29.1. The molecule has 0 saturated heterocycles. The zero-order valence-electron chi connectivity index (χ0n) is 14.5. The molecule has 0 spiro atoms. The van der Waals surface area contributed by atoms with Crippen LogP contribution < -0.4 is 9.64 Å². The molecule has 8 heteroatoms. The Morgan fingerprint density at radius 2 is 2.00 bits per heavy atom. The van der Waals surface area contributed by atoms with Crippen LogP contribution in [0.1, 0.15) is 18.7 Å². The first-order chi connectivity index (χ1) is 13.1. The highest BCUT2D eigenvalue weighted by Gasteiger charge is 2.27. The molecule has 0 aliphatic heterocycles. The summed E-state index contributed by atoms with van der Waals surface area (Å²) in [6.07, 6.45) is 3.10. The lowest BCUT2D eigenvalue weighted by molar-refractivity contribution is -0.385. The number of aromatic nitrogens is 1. The second-order valence-electron chi connectivity index (χ2n) is 5.66. The van der Waals surface area contributed by atoms with Crippen molar-refractivity contribution in [3.63, 3.8) is 0 Å². The minimum absolute atomic E-state index is 0.0301. The van der Waals surface area contributed by atoms with Gasteiger partial charge in [-0.15, -0.1) is 0 Å². The zero-order valence-corrected chi connectivity index (χ0v) is 14.5. The molecule has 3 aromatic rings. The van der Waals surface area contributed by atoms with E-state index in [0.717, 1.165) is 0 Å².